The van der Waals surface area contributed by atoms with Gasteiger partial charge >= 0.3 is 0 Å². The number of nitrogens with two attached hydrogens (primary N) is 1. The molecule has 0 aliphatic rings. The maximum Gasteiger partial charge on any atom is 0.268 e. The van der Waals surface area contributed by atoms with Crippen LogP contribution < -0.4 is 11.3 Å². The number of halogens is 1. The van der Waals surface area contributed by atoms with Gasteiger partial charge in [-0.1, -0.05) is 29.8 Å². The Morgan fingerprint density at radius 2 is 2.25 bits per heavy atom. The van der Waals surface area contributed by atoms with Crippen molar-refractivity contribution in [1.82, 2.24) is 9.78 Å². The molecule has 0 saturated carbocycles. The highest BCUT2D eigenvalue weighted by Crippen LogP contribution is 2.20. The van der Waals surface area contributed by atoms with Gasteiger partial charge in [-0.25, -0.2) is 4.68 Å². The molecule has 16 heavy (non-hydrogen) atoms. The fourth-order valence-corrected chi connectivity index (χ4v) is 1.76. The Kier molecular flexibility index (Phi) is 2.75. The van der Waals surface area contributed by atoms with Gasteiger partial charge in [-0.3, -0.25) is 9.89 Å². The summed E-state index contributed by atoms with van der Waals surface area (Å²) in [7, 11) is 0. The summed E-state index contributed by atoms with van der Waals surface area (Å²) >= 11 is 6.14. The molecule has 84 valence electrons. The Balaban J connectivity index is 2.38. The monoisotopic (exact) mass is 237 g/mol. The van der Waals surface area contributed by atoms with Gasteiger partial charge in [0.1, 0.15) is 5.82 Å². The van der Waals surface area contributed by atoms with Crippen molar-refractivity contribution in [3.05, 3.63) is 50.8 Å². The second kappa shape index (κ2) is 4.06. The fraction of sp³-hybridized carbons (Fsp3) is 0.182. The quantitative estimate of drug-likeness (QED) is 0.836. The van der Waals surface area contributed by atoms with Crippen LogP contribution in [0, 0.1) is 6.92 Å². The first-order chi connectivity index (χ1) is 7.58. The third-order valence-electron chi connectivity index (χ3n) is 2.41. The van der Waals surface area contributed by atoms with Crippen LogP contribution in [-0.4, -0.2) is 9.78 Å². The third-order valence-corrected chi connectivity index (χ3v) is 2.95. The lowest BCUT2D eigenvalue weighted by atomic mass is 10.1. The van der Waals surface area contributed by atoms with Crippen LogP contribution in [0.4, 0.5) is 5.82 Å². The standard InChI is InChI=1S/C11H12ClN3O/c1-7-3-2-4-8(11(7)12)6-15-10(16)5-9(13)14-15/h2-5,14H,6,13H2,1H3. The topological polar surface area (TPSA) is 63.8 Å². The van der Waals surface area contributed by atoms with E-state index in [0.717, 1.165) is 11.1 Å². The number of rotatable bonds is 2. The van der Waals surface area contributed by atoms with Crippen molar-refractivity contribution in [3.8, 4) is 0 Å². The molecule has 0 bridgehead atoms. The molecule has 0 radical (unpaired) electrons. The normalized spacial score (nSPS) is 10.6. The Labute approximate surface area is 97.6 Å². The maximum absolute atomic E-state index is 11.4. The molecule has 0 spiro atoms. The zero-order valence-corrected chi connectivity index (χ0v) is 9.58. The number of anilines is 1. The second-order valence-electron chi connectivity index (χ2n) is 3.68. The first-order valence-corrected chi connectivity index (χ1v) is 5.25. The van der Waals surface area contributed by atoms with E-state index in [4.69, 9.17) is 17.3 Å². The van der Waals surface area contributed by atoms with Crippen LogP contribution in [0.25, 0.3) is 0 Å². The van der Waals surface area contributed by atoms with Crippen LogP contribution in [0.1, 0.15) is 11.1 Å². The van der Waals surface area contributed by atoms with Crippen molar-refractivity contribution in [3.63, 3.8) is 0 Å². The summed E-state index contributed by atoms with van der Waals surface area (Å²) in [4.78, 5) is 11.4. The number of hydrogen-bond donors (Lipinski definition) is 2. The highest BCUT2D eigenvalue weighted by molar-refractivity contribution is 6.32. The molecule has 2 rings (SSSR count). The maximum atomic E-state index is 11.4. The van der Waals surface area contributed by atoms with E-state index in [0.29, 0.717) is 17.4 Å². The van der Waals surface area contributed by atoms with E-state index in [2.05, 4.69) is 5.10 Å². The number of nitrogens with one attached hydrogen (secondary N) is 1. The van der Waals surface area contributed by atoms with E-state index in [-0.39, 0.29) is 5.56 Å². The largest absolute Gasteiger partial charge is 0.384 e. The van der Waals surface area contributed by atoms with E-state index in [1.807, 2.05) is 25.1 Å². The Morgan fingerprint density at radius 3 is 2.88 bits per heavy atom. The number of H-pyrrole nitrogens is 1. The van der Waals surface area contributed by atoms with Gasteiger partial charge in [-0.15, -0.1) is 0 Å². The van der Waals surface area contributed by atoms with Crippen LogP contribution in [0.3, 0.4) is 0 Å². The van der Waals surface area contributed by atoms with Crippen molar-refractivity contribution in [2.24, 2.45) is 0 Å². The SMILES string of the molecule is Cc1cccc(Cn2[nH]c(N)cc2=O)c1Cl. The zero-order chi connectivity index (χ0) is 11.7. The van der Waals surface area contributed by atoms with Crippen molar-refractivity contribution in [2.45, 2.75) is 13.5 Å². The molecule has 3 N–H and O–H groups in total. The van der Waals surface area contributed by atoms with Crippen LogP contribution in [-0.2, 0) is 6.54 Å². The molecule has 1 aromatic heterocycles. The summed E-state index contributed by atoms with van der Waals surface area (Å²) in [6.07, 6.45) is 0. The Morgan fingerprint density at radius 1 is 1.50 bits per heavy atom. The minimum Gasteiger partial charge on any atom is -0.384 e. The molecule has 1 heterocycles. The molecular weight excluding hydrogens is 226 g/mol. The molecule has 5 heteroatoms. The number of nitrogens with zero attached hydrogens (tertiary/aromatic N) is 1. The molecule has 0 atom stereocenters. The molecular formula is C11H12ClN3O. The average molecular weight is 238 g/mol. The highest BCUT2D eigenvalue weighted by atomic mass is 35.5. The number of nitrogen functional groups attached to an aromatic ring is 1. The highest BCUT2D eigenvalue weighted by Gasteiger charge is 2.06. The second-order valence-corrected chi connectivity index (χ2v) is 4.06. The minimum atomic E-state index is -0.157. The van der Waals surface area contributed by atoms with Gasteiger partial charge < -0.3 is 5.73 Å². The summed E-state index contributed by atoms with van der Waals surface area (Å²) in [5.41, 5.74) is 7.22. The van der Waals surface area contributed by atoms with Gasteiger partial charge in [0.25, 0.3) is 5.56 Å². The van der Waals surface area contributed by atoms with E-state index in [9.17, 15) is 4.79 Å². The summed E-state index contributed by atoms with van der Waals surface area (Å²) in [5, 5.41) is 3.45. The van der Waals surface area contributed by atoms with Crippen LogP contribution in [0.5, 0.6) is 0 Å². The van der Waals surface area contributed by atoms with Gasteiger partial charge in [0.15, 0.2) is 0 Å². The van der Waals surface area contributed by atoms with Gasteiger partial charge in [0, 0.05) is 11.1 Å². The lowest BCUT2D eigenvalue weighted by molar-refractivity contribution is 0.666. The van der Waals surface area contributed by atoms with Crippen molar-refractivity contribution in [1.29, 1.82) is 0 Å². The van der Waals surface area contributed by atoms with Crippen LogP contribution >= 0.6 is 11.6 Å². The molecule has 2 aromatic rings. The van der Waals surface area contributed by atoms with Crippen LogP contribution in [0.2, 0.25) is 5.02 Å². The number of aromatic amines is 1. The van der Waals surface area contributed by atoms with Gasteiger partial charge in [0.2, 0.25) is 0 Å². The lowest BCUT2D eigenvalue weighted by Gasteiger charge is -2.06. The molecule has 4 nitrogen and oxygen atoms in total. The van der Waals surface area contributed by atoms with Gasteiger partial charge in [0.05, 0.1) is 6.54 Å². The molecule has 0 amide bonds. The van der Waals surface area contributed by atoms with Crippen LogP contribution in [0.15, 0.2) is 29.1 Å². The van der Waals surface area contributed by atoms with E-state index >= 15 is 0 Å². The van der Waals surface area contributed by atoms with E-state index < -0.39 is 0 Å². The number of benzene rings is 1. The minimum absolute atomic E-state index is 0.157. The fourth-order valence-electron chi connectivity index (χ4n) is 1.57. The molecule has 0 saturated heterocycles. The Hall–Kier alpha value is -1.68. The van der Waals surface area contributed by atoms with E-state index in [1.165, 1.54) is 10.7 Å². The van der Waals surface area contributed by atoms with Crippen molar-refractivity contribution in [2.75, 3.05) is 5.73 Å². The molecule has 0 aliphatic heterocycles. The molecule has 0 fully saturated rings. The van der Waals surface area contributed by atoms with E-state index in [1.54, 1.807) is 0 Å². The molecule has 0 unspecified atom stereocenters. The third kappa shape index (κ3) is 1.97. The summed E-state index contributed by atoms with van der Waals surface area (Å²) in [6.45, 7) is 2.33. The summed E-state index contributed by atoms with van der Waals surface area (Å²) in [5.74, 6) is 0.355. The van der Waals surface area contributed by atoms with Crippen molar-refractivity contribution < 1.29 is 0 Å². The Bertz CT molecular complexity index is 571. The predicted molar refractivity (Wildman–Crippen MR) is 64.8 cm³/mol. The zero-order valence-electron chi connectivity index (χ0n) is 8.83. The lowest BCUT2D eigenvalue weighted by Crippen LogP contribution is -2.16. The first-order valence-electron chi connectivity index (χ1n) is 4.87. The van der Waals surface area contributed by atoms with Gasteiger partial charge in [-0.2, -0.15) is 0 Å². The average Bonchev–Trinajstić information content (AvgIpc) is 2.53. The number of aryl methyl sites for hydroxylation is 1. The molecule has 0 aliphatic carbocycles. The molecule has 1 aromatic carbocycles. The summed E-state index contributed by atoms with van der Waals surface area (Å²) < 4.78 is 1.43. The first kappa shape index (κ1) is 10.8. The van der Waals surface area contributed by atoms with Crippen molar-refractivity contribution >= 4 is 17.4 Å². The smallest absolute Gasteiger partial charge is 0.268 e. The number of aromatic nitrogens is 2. The summed E-state index contributed by atoms with van der Waals surface area (Å²) in [6, 6.07) is 7.08. The van der Waals surface area contributed by atoms with Gasteiger partial charge in [-0.05, 0) is 18.1 Å². The predicted octanol–water partition coefficient (Wildman–Crippen LogP) is 1.77. The number of hydrogen-bond acceptors (Lipinski definition) is 2.